The van der Waals surface area contributed by atoms with Gasteiger partial charge in [-0.15, -0.1) is 0 Å². The molecule has 1 unspecified atom stereocenters. The molecule has 0 aliphatic carbocycles. The van der Waals surface area contributed by atoms with Crippen LogP contribution in [-0.2, 0) is 21.2 Å². The maximum Gasteiger partial charge on any atom is 0.211 e. The predicted octanol–water partition coefficient (Wildman–Crippen LogP) is 1.25. The SMILES string of the molecule is CS(=O)(=O)N1CCCC(CC(=O)Cc2cccnc2)C1. The Hall–Kier alpha value is -1.27. The Morgan fingerprint density at radius 2 is 2.30 bits per heavy atom. The van der Waals surface area contributed by atoms with Crippen LogP contribution in [0.4, 0.5) is 0 Å². The lowest BCUT2D eigenvalue weighted by atomic mass is 9.92. The highest BCUT2D eigenvalue weighted by Crippen LogP contribution is 2.22. The lowest BCUT2D eigenvalue weighted by Gasteiger charge is -2.30. The molecule has 0 saturated carbocycles. The molecule has 1 atom stereocenters. The molecule has 5 nitrogen and oxygen atoms in total. The third kappa shape index (κ3) is 4.38. The smallest absolute Gasteiger partial charge is 0.211 e. The van der Waals surface area contributed by atoms with E-state index < -0.39 is 10.0 Å². The number of carbonyl (C=O) groups excluding carboxylic acids is 1. The molecule has 20 heavy (non-hydrogen) atoms. The summed E-state index contributed by atoms with van der Waals surface area (Å²) in [5.41, 5.74) is 0.910. The van der Waals surface area contributed by atoms with Gasteiger partial charge >= 0.3 is 0 Å². The Morgan fingerprint density at radius 3 is 2.95 bits per heavy atom. The predicted molar refractivity (Wildman–Crippen MR) is 76.7 cm³/mol. The van der Waals surface area contributed by atoms with Crippen LogP contribution in [0.3, 0.4) is 0 Å². The molecule has 1 aromatic rings. The fraction of sp³-hybridized carbons (Fsp3) is 0.571. The number of Topliss-reactive ketones (excluding diaryl/α,β-unsaturated/α-hetero) is 1. The third-order valence-electron chi connectivity index (χ3n) is 3.59. The van der Waals surface area contributed by atoms with Crippen LogP contribution in [0.25, 0.3) is 0 Å². The van der Waals surface area contributed by atoms with Crippen LogP contribution < -0.4 is 0 Å². The number of nitrogens with zero attached hydrogens (tertiary/aromatic N) is 2. The number of pyridine rings is 1. The van der Waals surface area contributed by atoms with Crippen molar-refractivity contribution in [3.63, 3.8) is 0 Å². The van der Waals surface area contributed by atoms with Gasteiger partial charge in [0.05, 0.1) is 6.26 Å². The Labute approximate surface area is 120 Å². The van der Waals surface area contributed by atoms with Crippen molar-refractivity contribution in [1.82, 2.24) is 9.29 Å². The summed E-state index contributed by atoms with van der Waals surface area (Å²) >= 11 is 0. The van der Waals surface area contributed by atoms with Gasteiger partial charge in [-0.1, -0.05) is 6.07 Å². The number of aromatic nitrogens is 1. The summed E-state index contributed by atoms with van der Waals surface area (Å²) in [5, 5.41) is 0. The summed E-state index contributed by atoms with van der Waals surface area (Å²) in [7, 11) is -3.14. The van der Waals surface area contributed by atoms with Crippen LogP contribution in [-0.4, -0.2) is 42.8 Å². The van der Waals surface area contributed by atoms with E-state index in [9.17, 15) is 13.2 Å². The molecule has 0 spiro atoms. The van der Waals surface area contributed by atoms with E-state index in [0.717, 1.165) is 18.4 Å². The fourth-order valence-electron chi connectivity index (χ4n) is 2.62. The van der Waals surface area contributed by atoms with Gasteiger partial charge in [0.25, 0.3) is 0 Å². The maximum absolute atomic E-state index is 12.0. The average molecular weight is 296 g/mol. The molecule has 1 aromatic heterocycles. The largest absolute Gasteiger partial charge is 0.299 e. The van der Waals surface area contributed by atoms with E-state index in [1.165, 1.54) is 10.6 Å². The van der Waals surface area contributed by atoms with E-state index >= 15 is 0 Å². The first-order valence-electron chi connectivity index (χ1n) is 6.81. The zero-order valence-electron chi connectivity index (χ0n) is 11.7. The van der Waals surface area contributed by atoms with Crippen molar-refractivity contribution in [3.8, 4) is 0 Å². The van der Waals surface area contributed by atoms with Gasteiger partial charge in [-0.2, -0.15) is 0 Å². The molecule has 0 N–H and O–H groups in total. The average Bonchev–Trinajstić information content (AvgIpc) is 2.39. The van der Waals surface area contributed by atoms with E-state index in [0.29, 0.717) is 25.9 Å². The first-order chi connectivity index (χ1) is 9.45. The highest BCUT2D eigenvalue weighted by atomic mass is 32.2. The van der Waals surface area contributed by atoms with Crippen molar-refractivity contribution in [2.75, 3.05) is 19.3 Å². The minimum Gasteiger partial charge on any atom is -0.299 e. The summed E-state index contributed by atoms with van der Waals surface area (Å²) < 4.78 is 24.6. The molecular weight excluding hydrogens is 276 g/mol. The van der Waals surface area contributed by atoms with Crippen molar-refractivity contribution >= 4 is 15.8 Å². The van der Waals surface area contributed by atoms with Gasteiger partial charge < -0.3 is 0 Å². The molecule has 0 radical (unpaired) electrons. The fourth-order valence-corrected chi connectivity index (χ4v) is 3.56. The Bertz CT molecular complexity index is 557. The Kier molecular flexibility index (Phi) is 4.88. The summed E-state index contributed by atoms with van der Waals surface area (Å²) in [6.45, 7) is 1.05. The Balaban J connectivity index is 1.88. The van der Waals surface area contributed by atoms with Gasteiger partial charge in [-0.25, -0.2) is 12.7 Å². The van der Waals surface area contributed by atoms with E-state index in [-0.39, 0.29) is 11.7 Å². The molecule has 1 aliphatic heterocycles. The number of rotatable bonds is 5. The molecule has 110 valence electrons. The molecule has 0 aromatic carbocycles. The second-order valence-corrected chi connectivity index (χ2v) is 7.39. The molecule has 0 bridgehead atoms. The monoisotopic (exact) mass is 296 g/mol. The van der Waals surface area contributed by atoms with Crippen LogP contribution in [0.1, 0.15) is 24.8 Å². The van der Waals surface area contributed by atoms with Crippen LogP contribution in [0.15, 0.2) is 24.5 Å². The van der Waals surface area contributed by atoms with Crippen LogP contribution >= 0.6 is 0 Å². The van der Waals surface area contributed by atoms with Crippen molar-refractivity contribution in [3.05, 3.63) is 30.1 Å². The lowest BCUT2D eigenvalue weighted by Crippen LogP contribution is -2.39. The van der Waals surface area contributed by atoms with Gasteiger partial charge in [0.15, 0.2) is 0 Å². The highest BCUT2D eigenvalue weighted by Gasteiger charge is 2.27. The number of piperidine rings is 1. The molecule has 1 saturated heterocycles. The molecule has 2 rings (SSSR count). The minimum atomic E-state index is -3.14. The molecule has 1 fully saturated rings. The molecule has 6 heteroatoms. The maximum atomic E-state index is 12.0. The van der Waals surface area contributed by atoms with Crippen molar-refractivity contribution in [1.29, 1.82) is 0 Å². The van der Waals surface area contributed by atoms with E-state index in [4.69, 9.17) is 0 Å². The number of carbonyl (C=O) groups is 1. The summed E-state index contributed by atoms with van der Waals surface area (Å²) in [6, 6.07) is 3.70. The quantitative estimate of drug-likeness (QED) is 0.820. The van der Waals surface area contributed by atoms with Gasteiger partial charge in [-0.3, -0.25) is 9.78 Å². The van der Waals surface area contributed by atoms with Gasteiger partial charge in [0, 0.05) is 38.3 Å². The van der Waals surface area contributed by atoms with Crippen molar-refractivity contribution < 1.29 is 13.2 Å². The number of ketones is 1. The minimum absolute atomic E-state index is 0.141. The first kappa shape index (κ1) is 15.1. The highest BCUT2D eigenvalue weighted by molar-refractivity contribution is 7.88. The topological polar surface area (TPSA) is 67.3 Å². The molecule has 2 heterocycles. The lowest BCUT2D eigenvalue weighted by molar-refractivity contribution is -0.119. The second kappa shape index (κ2) is 6.45. The zero-order valence-corrected chi connectivity index (χ0v) is 12.5. The first-order valence-corrected chi connectivity index (χ1v) is 8.65. The van der Waals surface area contributed by atoms with Crippen LogP contribution in [0, 0.1) is 5.92 Å². The number of sulfonamides is 1. The van der Waals surface area contributed by atoms with Gasteiger partial charge in [0.1, 0.15) is 5.78 Å². The standard InChI is InChI=1S/C14H20N2O3S/c1-20(18,19)16-7-3-5-13(11-16)9-14(17)8-12-4-2-6-15-10-12/h2,4,6,10,13H,3,5,7-9,11H2,1H3. The Morgan fingerprint density at radius 1 is 1.50 bits per heavy atom. The van der Waals surface area contributed by atoms with Crippen molar-refractivity contribution in [2.24, 2.45) is 5.92 Å². The molecule has 0 amide bonds. The molecule has 1 aliphatic rings. The summed E-state index contributed by atoms with van der Waals surface area (Å²) in [6.07, 6.45) is 7.18. The van der Waals surface area contributed by atoms with Crippen molar-refractivity contribution in [2.45, 2.75) is 25.7 Å². The normalized spacial score (nSPS) is 20.8. The third-order valence-corrected chi connectivity index (χ3v) is 4.86. The second-order valence-electron chi connectivity index (χ2n) is 5.41. The van der Waals surface area contributed by atoms with Crippen LogP contribution in [0.2, 0.25) is 0 Å². The van der Waals surface area contributed by atoms with Crippen LogP contribution in [0.5, 0.6) is 0 Å². The van der Waals surface area contributed by atoms with Gasteiger partial charge in [0.2, 0.25) is 10.0 Å². The number of hydrogen-bond donors (Lipinski definition) is 0. The summed E-state index contributed by atoms with van der Waals surface area (Å²) in [4.78, 5) is 16.0. The van der Waals surface area contributed by atoms with E-state index in [1.54, 1.807) is 12.4 Å². The van der Waals surface area contributed by atoms with E-state index in [1.807, 2.05) is 12.1 Å². The molecular formula is C14H20N2O3S. The van der Waals surface area contributed by atoms with E-state index in [2.05, 4.69) is 4.98 Å². The number of hydrogen-bond acceptors (Lipinski definition) is 4. The van der Waals surface area contributed by atoms with Gasteiger partial charge in [-0.05, 0) is 30.4 Å². The zero-order chi connectivity index (χ0) is 14.6. The summed E-state index contributed by atoms with van der Waals surface area (Å²) in [5.74, 6) is 0.293.